The van der Waals surface area contributed by atoms with Crippen molar-refractivity contribution in [3.8, 4) is 0 Å². The molecule has 32 heavy (non-hydrogen) atoms. The van der Waals surface area contributed by atoms with Gasteiger partial charge < -0.3 is 9.32 Å². The van der Waals surface area contributed by atoms with Crippen LogP contribution in [0.4, 0.5) is 0 Å². The molecular formula is C23H34N4O4S. The third-order valence-electron chi connectivity index (χ3n) is 4.79. The fraction of sp³-hybridized carbons (Fsp3) is 0.522. The number of sulfonamides is 1. The van der Waals surface area contributed by atoms with Crippen LogP contribution in [0.2, 0.25) is 0 Å². The van der Waals surface area contributed by atoms with Crippen molar-refractivity contribution in [3.63, 3.8) is 0 Å². The molecule has 0 radical (unpaired) electrons. The molecule has 1 heterocycles. The molecule has 0 unspecified atom stereocenters. The van der Waals surface area contributed by atoms with Crippen molar-refractivity contribution < 1.29 is 17.6 Å². The van der Waals surface area contributed by atoms with Gasteiger partial charge in [-0.3, -0.25) is 14.8 Å². The first kappa shape index (κ1) is 25.7. The number of nitrogens with zero attached hydrogens (tertiary/aromatic N) is 3. The Labute approximate surface area is 190 Å². The van der Waals surface area contributed by atoms with Gasteiger partial charge in [-0.25, -0.2) is 8.42 Å². The lowest BCUT2D eigenvalue weighted by molar-refractivity contribution is -0.133. The molecule has 9 heteroatoms. The van der Waals surface area contributed by atoms with E-state index in [-0.39, 0.29) is 29.1 Å². The lowest BCUT2D eigenvalue weighted by Gasteiger charge is -2.30. The first-order valence-corrected chi connectivity index (χ1v) is 12.2. The van der Waals surface area contributed by atoms with E-state index in [2.05, 4.69) is 14.7 Å². The molecular weight excluding hydrogens is 428 g/mol. The van der Waals surface area contributed by atoms with Crippen molar-refractivity contribution in [3.05, 3.63) is 30.5 Å². The molecule has 8 nitrogen and oxygen atoms in total. The summed E-state index contributed by atoms with van der Waals surface area (Å²) in [4.78, 5) is 23.5. The van der Waals surface area contributed by atoms with Crippen LogP contribution in [-0.4, -0.2) is 64.4 Å². The second-order valence-electron chi connectivity index (χ2n) is 8.63. The van der Waals surface area contributed by atoms with E-state index < -0.39 is 16.1 Å². The molecule has 176 valence electrons. The van der Waals surface area contributed by atoms with Gasteiger partial charge in [0.15, 0.2) is 0 Å². The molecule has 1 amide bonds. The molecule has 0 aliphatic heterocycles. The molecule has 1 atom stereocenters. The molecule has 1 aromatic heterocycles. The number of hydrogen-bond acceptors (Lipinski definition) is 6. The second kappa shape index (κ2) is 11.4. The van der Waals surface area contributed by atoms with E-state index in [9.17, 15) is 13.2 Å². The SMILES string of the molecule is CN=CC(C[C@H](NS(=O)(=O)c1ccc2occc2c1)C(=O)N(CC(C)C)CC(C)C)=NC. The summed E-state index contributed by atoms with van der Waals surface area (Å²) in [5.41, 5.74) is 1.13. The van der Waals surface area contributed by atoms with Crippen molar-refractivity contribution in [2.75, 3.05) is 27.2 Å². The van der Waals surface area contributed by atoms with Crippen LogP contribution in [-0.2, 0) is 14.8 Å². The van der Waals surface area contributed by atoms with Crippen LogP contribution in [0.1, 0.15) is 34.1 Å². The number of furan rings is 1. The van der Waals surface area contributed by atoms with Crippen molar-refractivity contribution in [1.82, 2.24) is 9.62 Å². The summed E-state index contributed by atoms with van der Waals surface area (Å²) in [5.74, 6) is 0.218. The molecule has 1 N–H and O–H groups in total. The fourth-order valence-electron chi connectivity index (χ4n) is 3.46. The number of rotatable bonds is 11. The third kappa shape index (κ3) is 7.00. The van der Waals surface area contributed by atoms with Gasteiger partial charge in [-0.05, 0) is 36.1 Å². The lowest BCUT2D eigenvalue weighted by atomic mass is 10.1. The molecule has 0 fully saturated rings. The van der Waals surface area contributed by atoms with Crippen molar-refractivity contribution in [1.29, 1.82) is 0 Å². The number of carbonyl (C=O) groups excluding carboxylic acids is 1. The molecule has 2 rings (SSSR count). The Morgan fingerprint density at radius 3 is 2.34 bits per heavy atom. The average Bonchev–Trinajstić information content (AvgIpc) is 3.18. The van der Waals surface area contributed by atoms with E-state index in [4.69, 9.17) is 4.42 Å². The van der Waals surface area contributed by atoms with Crippen molar-refractivity contribution >= 4 is 38.8 Å². The van der Waals surface area contributed by atoms with Gasteiger partial charge in [-0.15, -0.1) is 0 Å². The Hall–Kier alpha value is -2.52. The van der Waals surface area contributed by atoms with Gasteiger partial charge in [-0.2, -0.15) is 4.72 Å². The molecule has 2 aromatic rings. The van der Waals surface area contributed by atoms with Crippen LogP contribution in [0.25, 0.3) is 11.0 Å². The number of carbonyl (C=O) groups is 1. The summed E-state index contributed by atoms with van der Waals surface area (Å²) in [6.07, 6.45) is 3.15. The zero-order valence-electron chi connectivity index (χ0n) is 19.7. The highest BCUT2D eigenvalue weighted by atomic mass is 32.2. The van der Waals surface area contributed by atoms with E-state index in [1.807, 2.05) is 27.7 Å². The summed E-state index contributed by atoms with van der Waals surface area (Å²) in [6, 6.07) is 5.30. The van der Waals surface area contributed by atoms with Crippen LogP contribution < -0.4 is 4.72 Å². The highest BCUT2D eigenvalue weighted by molar-refractivity contribution is 7.89. The standard InChI is InChI=1S/C23H34N4O4S/c1-16(2)14-27(15-17(3)4)23(28)21(12-19(25-6)13-24-5)26-32(29,30)20-7-8-22-18(11-20)9-10-31-22/h7-11,13,16-17,21,26H,12,14-15H2,1-6H3/t21-/m0/s1. The minimum Gasteiger partial charge on any atom is -0.464 e. The average molecular weight is 463 g/mol. The maximum atomic E-state index is 13.5. The molecule has 0 saturated carbocycles. The smallest absolute Gasteiger partial charge is 0.241 e. The van der Waals surface area contributed by atoms with Crippen LogP contribution >= 0.6 is 0 Å². The Morgan fingerprint density at radius 2 is 1.78 bits per heavy atom. The van der Waals surface area contributed by atoms with E-state index in [0.717, 1.165) is 0 Å². The normalized spacial score (nSPS) is 14.1. The number of hydrogen-bond donors (Lipinski definition) is 1. The number of amides is 1. The highest BCUT2D eigenvalue weighted by Crippen LogP contribution is 2.21. The van der Waals surface area contributed by atoms with E-state index in [1.165, 1.54) is 18.4 Å². The van der Waals surface area contributed by atoms with Gasteiger partial charge in [0, 0.05) is 45.2 Å². The van der Waals surface area contributed by atoms with Gasteiger partial charge in [0.05, 0.1) is 16.9 Å². The third-order valence-corrected chi connectivity index (χ3v) is 6.26. The first-order valence-electron chi connectivity index (χ1n) is 10.7. The number of aliphatic imine (C=N–C) groups is 2. The van der Waals surface area contributed by atoms with Gasteiger partial charge >= 0.3 is 0 Å². The summed E-state index contributed by atoms with van der Waals surface area (Å²) in [5, 5.41) is 0.672. The van der Waals surface area contributed by atoms with Crippen LogP contribution in [0.3, 0.4) is 0 Å². The predicted molar refractivity (Wildman–Crippen MR) is 129 cm³/mol. The number of fused-ring (bicyclic) bond motifs is 1. The molecule has 1 aromatic carbocycles. The Balaban J connectivity index is 2.40. The molecule has 0 spiro atoms. The Kier molecular flexibility index (Phi) is 9.15. The summed E-state index contributed by atoms with van der Waals surface area (Å²) in [7, 11) is -0.767. The number of nitrogens with one attached hydrogen (secondary N) is 1. The quantitative estimate of drug-likeness (QED) is 0.517. The molecule has 0 aliphatic carbocycles. The van der Waals surface area contributed by atoms with E-state index >= 15 is 0 Å². The van der Waals surface area contributed by atoms with E-state index in [0.29, 0.717) is 29.8 Å². The molecule has 0 saturated heterocycles. The minimum atomic E-state index is -3.97. The maximum absolute atomic E-state index is 13.5. The van der Waals surface area contributed by atoms with Crippen LogP contribution in [0.5, 0.6) is 0 Å². The van der Waals surface area contributed by atoms with Gasteiger partial charge in [0.2, 0.25) is 15.9 Å². The van der Waals surface area contributed by atoms with Crippen molar-refractivity contribution in [2.45, 2.75) is 45.1 Å². The zero-order valence-corrected chi connectivity index (χ0v) is 20.5. The first-order chi connectivity index (χ1) is 15.1. The highest BCUT2D eigenvalue weighted by Gasteiger charge is 2.31. The minimum absolute atomic E-state index is 0.0719. The maximum Gasteiger partial charge on any atom is 0.241 e. The number of benzene rings is 1. The Bertz CT molecular complexity index is 1060. The lowest BCUT2D eigenvalue weighted by Crippen LogP contribution is -2.51. The zero-order chi connectivity index (χ0) is 23.9. The fourth-order valence-corrected chi connectivity index (χ4v) is 4.69. The second-order valence-corrected chi connectivity index (χ2v) is 10.3. The predicted octanol–water partition coefficient (Wildman–Crippen LogP) is 3.38. The summed E-state index contributed by atoms with van der Waals surface area (Å²) in [6.45, 7) is 9.20. The van der Waals surface area contributed by atoms with Gasteiger partial charge in [0.25, 0.3) is 0 Å². The topological polar surface area (TPSA) is 104 Å². The van der Waals surface area contributed by atoms with Gasteiger partial charge in [-0.1, -0.05) is 27.7 Å². The van der Waals surface area contributed by atoms with Crippen molar-refractivity contribution in [2.24, 2.45) is 21.8 Å². The molecule has 0 aliphatic rings. The van der Waals surface area contributed by atoms with Crippen LogP contribution in [0, 0.1) is 11.8 Å². The summed E-state index contributed by atoms with van der Waals surface area (Å²) < 4.78 is 34.4. The van der Waals surface area contributed by atoms with Gasteiger partial charge in [0.1, 0.15) is 11.6 Å². The largest absolute Gasteiger partial charge is 0.464 e. The summed E-state index contributed by atoms with van der Waals surface area (Å²) >= 11 is 0. The Morgan fingerprint density at radius 1 is 1.12 bits per heavy atom. The van der Waals surface area contributed by atoms with Crippen LogP contribution in [0.15, 0.2) is 49.8 Å². The molecule has 0 bridgehead atoms. The monoisotopic (exact) mass is 462 g/mol. The van der Waals surface area contributed by atoms with E-state index in [1.54, 1.807) is 37.3 Å².